The van der Waals surface area contributed by atoms with Gasteiger partial charge in [-0.2, -0.15) is 10.4 Å². The van der Waals surface area contributed by atoms with E-state index in [1.165, 1.54) is 30.5 Å². The molecule has 1 aromatic heterocycles. The Morgan fingerprint density at radius 1 is 1.33 bits per heavy atom. The van der Waals surface area contributed by atoms with Gasteiger partial charge in [-0.05, 0) is 24.3 Å². The Balaban J connectivity index is 1.73. The van der Waals surface area contributed by atoms with Crippen LogP contribution in [0, 0.1) is 21.4 Å². The van der Waals surface area contributed by atoms with Crippen molar-refractivity contribution in [2.45, 2.75) is 0 Å². The second-order valence-corrected chi connectivity index (χ2v) is 5.27. The molecule has 2 aromatic carbocycles. The summed E-state index contributed by atoms with van der Waals surface area (Å²) in [4.78, 5) is 22.4. The van der Waals surface area contributed by atoms with Crippen LogP contribution in [0.25, 0.3) is 11.0 Å². The van der Waals surface area contributed by atoms with Gasteiger partial charge in [0, 0.05) is 23.1 Å². The summed E-state index contributed by atoms with van der Waals surface area (Å²) in [6.07, 6.45) is 1.37. The number of nitro benzene ring substituents is 1. The average molecular weight is 364 g/mol. The minimum absolute atomic E-state index is 0.0309. The van der Waals surface area contributed by atoms with E-state index < -0.39 is 10.8 Å². The number of benzene rings is 2. The lowest BCUT2D eigenvalue weighted by atomic mass is 10.2. The molecule has 0 fully saturated rings. The number of nitriles is 1. The number of furan rings is 1. The second kappa shape index (κ2) is 7.79. The number of carbonyl (C=O) groups excluding carboxylic acids is 1. The van der Waals surface area contributed by atoms with Crippen molar-refractivity contribution in [2.24, 2.45) is 5.10 Å². The number of amides is 1. The highest BCUT2D eigenvalue weighted by molar-refractivity contribution is 5.97. The lowest BCUT2D eigenvalue weighted by Gasteiger charge is -2.04. The molecular weight excluding hydrogens is 352 g/mol. The van der Waals surface area contributed by atoms with Crippen molar-refractivity contribution in [2.75, 3.05) is 6.61 Å². The van der Waals surface area contributed by atoms with Gasteiger partial charge in [-0.15, -0.1) is 0 Å². The molecule has 0 radical (unpaired) electrons. The molecule has 0 saturated heterocycles. The lowest BCUT2D eigenvalue weighted by Crippen LogP contribution is -2.16. The number of rotatable bonds is 6. The van der Waals surface area contributed by atoms with Crippen LogP contribution in [-0.2, 0) is 0 Å². The molecular formula is C18H12N4O5. The summed E-state index contributed by atoms with van der Waals surface area (Å²) in [5.41, 5.74) is 3.15. The van der Waals surface area contributed by atoms with Crippen molar-refractivity contribution in [3.05, 3.63) is 70.0 Å². The van der Waals surface area contributed by atoms with Gasteiger partial charge in [-0.25, -0.2) is 5.43 Å². The van der Waals surface area contributed by atoms with E-state index in [0.717, 1.165) is 0 Å². The van der Waals surface area contributed by atoms with Crippen LogP contribution < -0.4 is 10.2 Å². The van der Waals surface area contributed by atoms with Crippen LogP contribution in [0.5, 0.6) is 5.75 Å². The number of nitrogens with zero attached hydrogens (tertiary/aromatic N) is 3. The summed E-state index contributed by atoms with van der Waals surface area (Å²) in [7, 11) is 0. The van der Waals surface area contributed by atoms with Gasteiger partial charge in [0.05, 0.1) is 11.1 Å². The molecule has 0 bridgehead atoms. The Morgan fingerprint density at radius 3 is 2.93 bits per heavy atom. The third-order valence-corrected chi connectivity index (χ3v) is 3.52. The molecule has 0 unspecified atom stereocenters. The monoisotopic (exact) mass is 364 g/mol. The Hall–Kier alpha value is -4.19. The van der Waals surface area contributed by atoms with Gasteiger partial charge in [0.2, 0.25) is 0 Å². The summed E-state index contributed by atoms with van der Waals surface area (Å²) < 4.78 is 10.6. The normalized spacial score (nSPS) is 10.6. The number of nitro groups is 1. The molecule has 9 nitrogen and oxygen atoms in total. The van der Waals surface area contributed by atoms with Crippen LogP contribution in [-0.4, -0.2) is 23.7 Å². The molecule has 1 amide bonds. The quantitative estimate of drug-likeness (QED) is 0.406. The fraction of sp³-hybridized carbons (Fsp3) is 0.0556. The van der Waals surface area contributed by atoms with Crippen LogP contribution in [0.1, 0.15) is 16.1 Å². The van der Waals surface area contributed by atoms with Crippen molar-refractivity contribution in [1.82, 2.24) is 5.43 Å². The number of non-ortho nitro benzene ring substituents is 1. The van der Waals surface area contributed by atoms with Gasteiger partial charge in [0.25, 0.3) is 5.69 Å². The van der Waals surface area contributed by atoms with E-state index in [1.54, 1.807) is 24.3 Å². The minimum Gasteiger partial charge on any atom is -0.478 e. The first-order chi connectivity index (χ1) is 13.1. The zero-order valence-corrected chi connectivity index (χ0v) is 13.8. The molecule has 0 spiro atoms. The van der Waals surface area contributed by atoms with Crippen LogP contribution in [0.2, 0.25) is 0 Å². The Bertz CT molecular complexity index is 1080. The fourth-order valence-electron chi connectivity index (χ4n) is 2.30. The Labute approximate surface area is 152 Å². The van der Waals surface area contributed by atoms with Gasteiger partial charge in [-0.3, -0.25) is 14.9 Å². The second-order valence-electron chi connectivity index (χ2n) is 5.27. The highest BCUT2D eigenvalue weighted by atomic mass is 16.6. The first-order valence-electron chi connectivity index (χ1n) is 7.68. The summed E-state index contributed by atoms with van der Waals surface area (Å²) in [6, 6.07) is 14.2. The maximum atomic E-state index is 12.2. The molecule has 1 N–H and O–H groups in total. The largest absolute Gasteiger partial charge is 0.478 e. The number of fused-ring (bicyclic) bond motifs is 1. The fourth-order valence-corrected chi connectivity index (χ4v) is 2.30. The molecule has 3 aromatic rings. The minimum atomic E-state index is -0.611. The molecule has 0 saturated carbocycles. The third kappa shape index (κ3) is 4.08. The van der Waals surface area contributed by atoms with E-state index in [9.17, 15) is 14.9 Å². The van der Waals surface area contributed by atoms with Crippen molar-refractivity contribution in [3.8, 4) is 11.8 Å². The number of nitrogens with one attached hydrogen (secondary N) is 1. The average Bonchev–Trinajstić information content (AvgIpc) is 3.10. The van der Waals surface area contributed by atoms with E-state index in [4.69, 9.17) is 14.4 Å². The van der Waals surface area contributed by atoms with Gasteiger partial charge in [0.15, 0.2) is 12.4 Å². The van der Waals surface area contributed by atoms with Gasteiger partial charge < -0.3 is 9.15 Å². The standard InChI is InChI=1S/C18H12N4O5/c19-7-8-26-15-4-2-1-3-12(15)11-20-21-18(23)17-10-13-9-14(22(24)25)5-6-16(13)27-17/h1-6,9-11H,8H2,(H,21,23)/b20-11-. The van der Waals surface area contributed by atoms with E-state index >= 15 is 0 Å². The van der Waals surface area contributed by atoms with E-state index in [1.807, 2.05) is 6.07 Å². The van der Waals surface area contributed by atoms with Crippen LogP contribution in [0.3, 0.4) is 0 Å². The Morgan fingerprint density at radius 2 is 2.15 bits per heavy atom. The summed E-state index contributed by atoms with van der Waals surface area (Å²) >= 11 is 0. The molecule has 0 aliphatic heterocycles. The van der Waals surface area contributed by atoms with Crippen molar-refractivity contribution in [3.63, 3.8) is 0 Å². The van der Waals surface area contributed by atoms with E-state index in [2.05, 4.69) is 10.5 Å². The van der Waals surface area contributed by atoms with Gasteiger partial charge in [-0.1, -0.05) is 12.1 Å². The maximum Gasteiger partial charge on any atom is 0.307 e. The summed E-state index contributed by atoms with van der Waals surface area (Å²) in [5, 5.41) is 23.7. The topological polar surface area (TPSA) is 131 Å². The first-order valence-corrected chi connectivity index (χ1v) is 7.68. The van der Waals surface area contributed by atoms with Crippen LogP contribution in [0.4, 0.5) is 5.69 Å². The molecule has 27 heavy (non-hydrogen) atoms. The number of ether oxygens (including phenoxy) is 1. The number of hydrogen-bond acceptors (Lipinski definition) is 7. The first kappa shape index (κ1) is 17.6. The molecule has 134 valence electrons. The predicted octanol–water partition coefficient (Wildman–Crippen LogP) is 3.01. The van der Waals surface area contributed by atoms with Crippen LogP contribution in [0.15, 0.2) is 58.0 Å². The Kier molecular flexibility index (Phi) is 5.09. The van der Waals surface area contributed by atoms with Gasteiger partial charge in [0.1, 0.15) is 17.4 Å². The number of para-hydroxylation sites is 1. The molecule has 9 heteroatoms. The van der Waals surface area contributed by atoms with Crippen molar-refractivity contribution >= 4 is 28.8 Å². The number of carbonyl (C=O) groups is 1. The van der Waals surface area contributed by atoms with Crippen molar-refractivity contribution < 1.29 is 18.9 Å². The molecule has 0 atom stereocenters. The smallest absolute Gasteiger partial charge is 0.307 e. The molecule has 1 heterocycles. The lowest BCUT2D eigenvalue weighted by molar-refractivity contribution is -0.384. The molecule has 0 aliphatic rings. The van der Waals surface area contributed by atoms with Crippen molar-refractivity contribution in [1.29, 1.82) is 5.26 Å². The zero-order chi connectivity index (χ0) is 19.2. The highest BCUT2D eigenvalue weighted by Crippen LogP contribution is 2.24. The third-order valence-electron chi connectivity index (χ3n) is 3.52. The number of hydrazone groups is 1. The molecule has 0 aliphatic carbocycles. The van der Waals surface area contributed by atoms with E-state index in [-0.39, 0.29) is 18.1 Å². The zero-order valence-electron chi connectivity index (χ0n) is 13.8. The number of hydrogen-bond donors (Lipinski definition) is 1. The summed E-state index contributed by atoms with van der Waals surface area (Å²) in [6.45, 7) is -0.109. The molecule has 3 rings (SSSR count). The van der Waals surface area contributed by atoms with E-state index in [0.29, 0.717) is 22.3 Å². The predicted molar refractivity (Wildman–Crippen MR) is 95.5 cm³/mol. The van der Waals surface area contributed by atoms with Gasteiger partial charge >= 0.3 is 5.91 Å². The highest BCUT2D eigenvalue weighted by Gasteiger charge is 2.14. The van der Waals surface area contributed by atoms with Crippen LogP contribution >= 0.6 is 0 Å². The maximum absolute atomic E-state index is 12.2. The summed E-state index contributed by atoms with van der Waals surface area (Å²) in [5.74, 6) is -0.190. The SMILES string of the molecule is N#CCOc1ccccc1/C=N\NC(=O)c1cc2cc([N+](=O)[O-])ccc2o1.